The molecule has 1 fully saturated rings. The van der Waals surface area contributed by atoms with E-state index in [4.69, 9.17) is 19.1 Å². The van der Waals surface area contributed by atoms with Gasteiger partial charge < -0.3 is 19.1 Å². The maximum Gasteiger partial charge on any atom is 0.329 e. The Balaban J connectivity index is 1.93. The maximum absolute atomic E-state index is 10.3. The molecular weight excluding hydrogens is 264 g/mol. The van der Waals surface area contributed by atoms with Gasteiger partial charge in [-0.3, -0.25) is 0 Å². The Labute approximate surface area is 117 Å². The van der Waals surface area contributed by atoms with E-state index in [1.807, 2.05) is 0 Å². The van der Waals surface area contributed by atoms with Crippen molar-refractivity contribution in [2.75, 3.05) is 13.7 Å². The zero-order valence-corrected chi connectivity index (χ0v) is 11.6. The van der Waals surface area contributed by atoms with Gasteiger partial charge in [-0.1, -0.05) is 24.4 Å². The summed E-state index contributed by atoms with van der Waals surface area (Å²) in [5.74, 6) is 0.188. The average molecular weight is 284 g/mol. The number of carboxylic acids is 1. The van der Waals surface area contributed by atoms with Crippen LogP contribution in [0.5, 0.6) is 0 Å². The second-order valence-electron chi connectivity index (χ2n) is 4.99. The van der Waals surface area contributed by atoms with E-state index in [9.17, 15) is 4.79 Å². The lowest BCUT2D eigenvalue weighted by atomic mass is 9.85. The maximum atomic E-state index is 10.3. The molecule has 7 nitrogen and oxygen atoms in total. The topological polar surface area (TPSA) is 94.7 Å². The molecule has 1 heterocycles. The van der Waals surface area contributed by atoms with Gasteiger partial charge in [0.25, 0.3) is 5.89 Å². The fourth-order valence-electron chi connectivity index (χ4n) is 2.61. The van der Waals surface area contributed by atoms with Crippen LogP contribution in [0.25, 0.3) is 0 Å². The molecular formula is C13H20N2O5. The molecule has 0 aliphatic heterocycles. The van der Waals surface area contributed by atoms with E-state index in [1.54, 1.807) is 7.11 Å². The normalized spacial score (nSPS) is 18.1. The fourth-order valence-corrected chi connectivity index (χ4v) is 2.61. The first-order valence-electron chi connectivity index (χ1n) is 6.85. The number of hydrogen-bond acceptors (Lipinski definition) is 6. The molecule has 1 unspecified atom stereocenters. The van der Waals surface area contributed by atoms with Crippen LogP contribution in [0.1, 0.15) is 49.9 Å². The lowest BCUT2D eigenvalue weighted by Gasteiger charge is -2.26. The zero-order valence-electron chi connectivity index (χ0n) is 11.6. The largest absolute Gasteiger partial charge is 0.480 e. The van der Waals surface area contributed by atoms with Gasteiger partial charge in [0.15, 0.2) is 0 Å². The SMILES string of the molecule is COC(c1noc(COCC(=O)O)n1)C1CCCCC1. The van der Waals surface area contributed by atoms with Gasteiger partial charge in [-0.2, -0.15) is 4.98 Å². The molecule has 1 aromatic heterocycles. The Kier molecular flexibility index (Phi) is 5.49. The Morgan fingerprint density at radius 3 is 2.85 bits per heavy atom. The number of rotatable bonds is 7. The summed E-state index contributed by atoms with van der Waals surface area (Å²) in [6.45, 7) is -0.381. The Morgan fingerprint density at radius 1 is 1.45 bits per heavy atom. The smallest absolute Gasteiger partial charge is 0.329 e. The summed E-state index contributed by atoms with van der Waals surface area (Å²) in [6, 6.07) is 0. The number of carbonyl (C=O) groups is 1. The van der Waals surface area contributed by atoms with Crippen molar-refractivity contribution in [1.82, 2.24) is 10.1 Å². The molecule has 7 heteroatoms. The van der Waals surface area contributed by atoms with E-state index in [0.29, 0.717) is 11.7 Å². The number of ether oxygens (including phenoxy) is 2. The minimum atomic E-state index is -1.03. The van der Waals surface area contributed by atoms with Crippen molar-refractivity contribution in [3.05, 3.63) is 11.7 Å². The molecule has 1 N–H and O–H groups in total. The number of aromatic nitrogens is 2. The minimum absolute atomic E-state index is 0.000398. The van der Waals surface area contributed by atoms with Crippen LogP contribution >= 0.6 is 0 Å². The van der Waals surface area contributed by atoms with Gasteiger partial charge >= 0.3 is 5.97 Å². The van der Waals surface area contributed by atoms with Crippen molar-refractivity contribution >= 4 is 5.97 Å². The number of methoxy groups -OCH3 is 1. The Bertz CT molecular complexity index is 428. The van der Waals surface area contributed by atoms with Gasteiger partial charge in [-0.25, -0.2) is 4.79 Å². The van der Waals surface area contributed by atoms with E-state index >= 15 is 0 Å². The highest BCUT2D eigenvalue weighted by atomic mass is 16.5. The number of nitrogens with zero attached hydrogens (tertiary/aromatic N) is 2. The van der Waals surface area contributed by atoms with Crippen molar-refractivity contribution in [1.29, 1.82) is 0 Å². The molecule has 0 aromatic carbocycles. The summed E-state index contributed by atoms with van der Waals surface area (Å²) in [6.07, 6.45) is 5.74. The highest BCUT2D eigenvalue weighted by Gasteiger charge is 2.28. The first kappa shape index (κ1) is 14.9. The molecule has 1 aliphatic carbocycles. The fraction of sp³-hybridized carbons (Fsp3) is 0.769. The second kappa shape index (κ2) is 7.35. The highest BCUT2D eigenvalue weighted by molar-refractivity contribution is 5.67. The molecule has 1 aliphatic rings. The van der Waals surface area contributed by atoms with Crippen LogP contribution in [-0.4, -0.2) is 34.9 Å². The Hall–Kier alpha value is -1.47. The van der Waals surface area contributed by atoms with E-state index in [1.165, 1.54) is 19.3 Å². The molecule has 0 amide bonds. The van der Waals surface area contributed by atoms with Crippen molar-refractivity contribution in [2.45, 2.75) is 44.8 Å². The predicted octanol–water partition coefficient (Wildman–Crippen LogP) is 1.94. The second-order valence-corrected chi connectivity index (χ2v) is 4.99. The molecule has 0 bridgehead atoms. The van der Waals surface area contributed by atoms with Gasteiger partial charge in [-0.05, 0) is 18.8 Å². The number of hydrogen-bond donors (Lipinski definition) is 1. The molecule has 20 heavy (non-hydrogen) atoms. The first-order chi connectivity index (χ1) is 9.70. The van der Waals surface area contributed by atoms with E-state index in [-0.39, 0.29) is 25.2 Å². The molecule has 2 rings (SSSR count). The predicted molar refractivity (Wildman–Crippen MR) is 67.9 cm³/mol. The van der Waals surface area contributed by atoms with E-state index in [2.05, 4.69) is 10.1 Å². The van der Waals surface area contributed by atoms with Gasteiger partial charge in [-0.15, -0.1) is 0 Å². The zero-order chi connectivity index (χ0) is 14.4. The summed E-state index contributed by atoms with van der Waals surface area (Å²) in [4.78, 5) is 14.6. The molecule has 1 saturated carbocycles. The van der Waals surface area contributed by atoms with Gasteiger partial charge in [0, 0.05) is 7.11 Å². The average Bonchev–Trinajstić information content (AvgIpc) is 2.89. The molecule has 0 saturated heterocycles. The summed E-state index contributed by atoms with van der Waals surface area (Å²) < 4.78 is 15.5. The van der Waals surface area contributed by atoms with Gasteiger partial charge in [0.2, 0.25) is 5.82 Å². The lowest BCUT2D eigenvalue weighted by Crippen LogP contribution is -2.19. The third-order valence-electron chi connectivity index (χ3n) is 3.52. The van der Waals surface area contributed by atoms with Crippen LogP contribution in [0.2, 0.25) is 0 Å². The summed E-state index contributed by atoms with van der Waals surface area (Å²) in [5, 5.41) is 12.4. The Morgan fingerprint density at radius 2 is 2.20 bits per heavy atom. The van der Waals surface area contributed by atoms with Crippen LogP contribution in [0.3, 0.4) is 0 Å². The van der Waals surface area contributed by atoms with Crippen molar-refractivity contribution < 1.29 is 23.9 Å². The lowest BCUT2D eigenvalue weighted by molar-refractivity contribution is -0.142. The van der Waals surface area contributed by atoms with E-state index < -0.39 is 5.97 Å². The third-order valence-corrected chi connectivity index (χ3v) is 3.52. The monoisotopic (exact) mass is 284 g/mol. The number of aliphatic carboxylic acids is 1. The third kappa shape index (κ3) is 4.01. The molecule has 1 atom stereocenters. The van der Waals surface area contributed by atoms with Crippen LogP contribution in [0.4, 0.5) is 0 Å². The van der Waals surface area contributed by atoms with Crippen LogP contribution in [-0.2, 0) is 20.9 Å². The van der Waals surface area contributed by atoms with Crippen LogP contribution in [0, 0.1) is 5.92 Å². The highest BCUT2D eigenvalue weighted by Crippen LogP contribution is 2.35. The van der Waals surface area contributed by atoms with Crippen LogP contribution in [0.15, 0.2) is 4.52 Å². The minimum Gasteiger partial charge on any atom is -0.480 e. The molecule has 112 valence electrons. The molecule has 0 spiro atoms. The molecule has 1 aromatic rings. The van der Waals surface area contributed by atoms with Crippen LogP contribution < -0.4 is 0 Å². The van der Waals surface area contributed by atoms with Crippen molar-refractivity contribution in [3.8, 4) is 0 Å². The first-order valence-corrected chi connectivity index (χ1v) is 6.85. The van der Waals surface area contributed by atoms with Gasteiger partial charge in [0.05, 0.1) is 0 Å². The summed E-state index contributed by atoms with van der Waals surface area (Å²) in [5.41, 5.74) is 0. The van der Waals surface area contributed by atoms with Crippen molar-refractivity contribution in [3.63, 3.8) is 0 Å². The number of carboxylic acid groups (broad SMARTS) is 1. The molecule has 0 radical (unpaired) electrons. The summed E-state index contributed by atoms with van der Waals surface area (Å²) in [7, 11) is 1.65. The van der Waals surface area contributed by atoms with Gasteiger partial charge in [0.1, 0.15) is 19.3 Å². The standard InChI is InChI=1S/C13H20N2O5/c1-18-12(9-5-3-2-4-6-9)13-14-10(20-15-13)7-19-8-11(16)17/h9,12H,2-8H2,1H3,(H,16,17). The van der Waals surface area contributed by atoms with E-state index in [0.717, 1.165) is 12.8 Å². The quantitative estimate of drug-likeness (QED) is 0.817. The summed E-state index contributed by atoms with van der Waals surface area (Å²) >= 11 is 0. The van der Waals surface area contributed by atoms with Crippen molar-refractivity contribution in [2.24, 2.45) is 5.92 Å².